The number of nitrogens with two attached hydrogens (primary N) is 1. The number of sulfone groups is 1. The van der Waals surface area contributed by atoms with E-state index in [1.807, 2.05) is 0 Å². The molecular weight excluding hydrogens is 356 g/mol. The predicted octanol–water partition coefficient (Wildman–Crippen LogP) is -0.889. The third-order valence-corrected chi connectivity index (χ3v) is 7.56. The summed E-state index contributed by atoms with van der Waals surface area (Å²) in [5.41, 5.74) is 6.23. The number of benzene rings is 1. The number of hydrogen-bond acceptors (Lipinski definition) is 7. The van der Waals surface area contributed by atoms with E-state index in [1.165, 1.54) is 19.2 Å². The lowest BCUT2D eigenvalue weighted by Crippen LogP contribution is -2.48. The lowest BCUT2D eigenvalue weighted by Gasteiger charge is -2.29. The molecule has 1 aliphatic heterocycles. The van der Waals surface area contributed by atoms with Crippen LogP contribution in [0, 0.1) is 6.92 Å². The molecule has 136 valence electrons. The van der Waals surface area contributed by atoms with Crippen molar-refractivity contribution in [1.82, 2.24) is 4.31 Å². The highest BCUT2D eigenvalue weighted by molar-refractivity contribution is 7.92. The Labute approximate surface area is 142 Å². The lowest BCUT2D eigenvalue weighted by atomic mass is 10.2. The Morgan fingerprint density at radius 2 is 2.04 bits per heavy atom. The number of sulfonamides is 1. The van der Waals surface area contributed by atoms with Gasteiger partial charge in [0.1, 0.15) is 10.6 Å². The van der Waals surface area contributed by atoms with Crippen LogP contribution in [0.1, 0.15) is 5.56 Å². The highest BCUT2D eigenvalue weighted by Crippen LogP contribution is 2.31. The fourth-order valence-corrected chi connectivity index (χ4v) is 6.59. The Kier molecular flexibility index (Phi) is 5.55. The molecule has 3 N–H and O–H groups in total. The summed E-state index contributed by atoms with van der Waals surface area (Å²) in [6.07, 6.45) is -1.29. The fraction of sp³-hybridized carbons (Fsp3) is 0.571. The normalized spacial score (nSPS) is 23.5. The van der Waals surface area contributed by atoms with Gasteiger partial charge in [-0.3, -0.25) is 0 Å². The highest BCUT2D eigenvalue weighted by atomic mass is 32.2. The Morgan fingerprint density at radius 3 is 2.54 bits per heavy atom. The van der Waals surface area contributed by atoms with Crippen LogP contribution in [-0.2, 0) is 19.9 Å². The Bertz CT molecular complexity index is 807. The number of nitrogens with zero attached hydrogens (tertiary/aromatic N) is 1. The van der Waals surface area contributed by atoms with Crippen LogP contribution in [0.4, 0.5) is 0 Å². The topological polar surface area (TPSA) is 127 Å². The second kappa shape index (κ2) is 6.96. The van der Waals surface area contributed by atoms with Crippen molar-refractivity contribution in [3.8, 4) is 5.75 Å². The van der Waals surface area contributed by atoms with Crippen LogP contribution in [0.25, 0.3) is 0 Å². The summed E-state index contributed by atoms with van der Waals surface area (Å²) in [4.78, 5) is -0.0741. The van der Waals surface area contributed by atoms with Crippen LogP contribution in [0.3, 0.4) is 0 Å². The number of ether oxygens (including phenoxy) is 1. The van der Waals surface area contributed by atoms with Crippen molar-refractivity contribution in [3.05, 3.63) is 23.8 Å². The zero-order valence-electron chi connectivity index (χ0n) is 13.5. The van der Waals surface area contributed by atoms with E-state index in [0.29, 0.717) is 5.56 Å². The van der Waals surface area contributed by atoms with Gasteiger partial charge in [-0.05, 0) is 24.6 Å². The summed E-state index contributed by atoms with van der Waals surface area (Å²) in [6.45, 7) is 1.63. The molecule has 2 rings (SSSR count). The third kappa shape index (κ3) is 3.72. The fourth-order valence-electron chi connectivity index (χ4n) is 2.79. The number of aryl methyl sites for hydroxylation is 1. The van der Waals surface area contributed by atoms with E-state index >= 15 is 0 Å². The number of aliphatic hydroxyl groups is 1. The van der Waals surface area contributed by atoms with Crippen LogP contribution >= 0.6 is 0 Å². The first-order chi connectivity index (χ1) is 11.1. The van der Waals surface area contributed by atoms with Gasteiger partial charge in [0.05, 0.1) is 30.8 Å². The quantitative estimate of drug-likeness (QED) is 0.657. The summed E-state index contributed by atoms with van der Waals surface area (Å²) in [6, 6.07) is 3.63. The van der Waals surface area contributed by atoms with Crippen LogP contribution in [0.5, 0.6) is 5.75 Å². The lowest BCUT2D eigenvalue weighted by molar-refractivity contribution is 0.129. The summed E-state index contributed by atoms with van der Waals surface area (Å²) in [5.74, 6) is -0.737. The summed E-state index contributed by atoms with van der Waals surface area (Å²) in [5, 5.41) is 10.1. The molecule has 0 aliphatic carbocycles. The van der Waals surface area contributed by atoms with Crippen molar-refractivity contribution < 1.29 is 26.7 Å². The molecule has 8 nitrogen and oxygen atoms in total. The van der Waals surface area contributed by atoms with E-state index in [1.54, 1.807) is 13.0 Å². The van der Waals surface area contributed by atoms with Crippen molar-refractivity contribution >= 4 is 19.9 Å². The molecule has 0 saturated carbocycles. The van der Waals surface area contributed by atoms with E-state index in [4.69, 9.17) is 10.5 Å². The first-order valence-electron chi connectivity index (χ1n) is 7.37. The van der Waals surface area contributed by atoms with Gasteiger partial charge in [-0.1, -0.05) is 6.07 Å². The van der Waals surface area contributed by atoms with E-state index in [9.17, 15) is 21.9 Å². The van der Waals surface area contributed by atoms with Gasteiger partial charge >= 0.3 is 0 Å². The molecular formula is C14H22N2O6S2. The number of hydrogen-bond donors (Lipinski definition) is 2. The SMILES string of the molecule is COc1ccc(C)cc1S(=O)(=O)N(CCN)[C@H]1CS(=O)(=O)C[C@H]1O. The molecule has 0 spiro atoms. The molecule has 0 unspecified atom stereocenters. The first kappa shape index (κ1) is 19.1. The van der Waals surface area contributed by atoms with Crippen LogP contribution in [0.15, 0.2) is 23.1 Å². The van der Waals surface area contributed by atoms with Gasteiger partial charge in [0.15, 0.2) is 9.84 Å². The van der Waals surface area contributed by atoms with Gasteiger partial charge in [-0.25, -0.2) is 16.8 Å². The molecule has 0 radical (unpaired) electrons. The van der Waals surface area contributed by atoms with Crippen molar-refractivity contribution in [2.75, 3.05) is 31.7 Å². The number of methoxy groups -OCH3 is 1. The molecule has 24 heavy (non-hydrogen) atoms. The zero-order valence-corrected chi connectivity index (χ0v) is 15.2. The summed E-state index contributed by atoms with van der Waals surface area (Å²) >= 11 is 0. The zero-order chi connectivity index (χ0) is 18.1. The molecule has 1 fully saturated rings. The summed E-state index contributed by atoms with van der Waals surface area (Å²) in [7, 11) is -6.24. The Hall–Kier alpha value is -1.20. The Balaban J connectivity index is 2.53. The molecule has 0 aromatic heterocycles. The van der Waals surface area contributed by atoms with Crippen molar-refractivity contribution in [2.24, 2.45) is 5.73 Å². The minimum atomic E-state index is -4.09. The van der Waals surface area contributed by atoms with Crippen LogP contribution < -0.4 is 10.5 Å². The van der Waals surface area contributed by atoms with E-state index < -0.39 is 43.5 Å². The molecule has 0 amide bonds. The maximum atomic E-state index is 13.1. The highest BCUT2D eigenvalue weighted by Gasteiger charge is 2.45. The maximum absolute atomic E-state index is 13.1. The first-order valence-corrected chi connectivity index (χ1v) is 10.6. The standard InChI is InChI=1S/C14H22N2O6S2/c1-10-3-4-13(22-2)14(7-10)24(20,21)16(6-5-15)11-8-23(18,19)9-12(11)17/h3-4,7,11-12,17H,5-6,8-9,15H2,1-2H3/t11-,12+/m0/s1. The minimum absolute atomic E-state index is 0.00334. The average molecular weight is 378 g/mol. The van der Waals surface area contributed by atoms with E-state index in [-0.39, 0.29) is 23.7 Å². The van der Waals surface area contributed by atoms with Crippen LogP contribution in [-0.4, -0.2) is 70.1 Å². The number of aliphatic hydroxyl groups excluding tert-OH is 1. The minimum Gasteiger partial charge on any atom is -0.495 e. The number of rotatable bonds is 6. The molecule has 0 bridgehead atoms. The van der Waals surface area contributed by atoms with Gasteiger partial charge in [0, 0.05) is 13.1 Å². The monoisotopic (exact) mass is 378 g/mol. The molecule has 2 atom stereocenters. The van der Waals surface area contributed by atoms with E-state index in [0.717, 1.165) is 4.31 Å². The van der Waals surface area contributed by atoms with Gasteiger partial charge in [0.2, 0.25) is 10.0 Å². The van der Waals surface area contributed by atoms with Gasteiger partial charge in [0.25, 0.3) is 0 Å². The second-order valence-electron chi connectivity index (χ2n) is 5.77. The maximum Gasteiger partial charge on any atom is 0.247 e. The molecule has 1 aromatic rings. The summed E-state index contributed by atoms with van der Waals surface area (Å²) < 4.78 is 55.8. The third-order valence-electron chi connectivity index (χ3n) is 3.92. The molecule has 10 heteroatoms. The van der Waals surface area contributed by atoms with E-state index in [2.05, 4.69) is 0 Å². The predicted molar refractivity (Wildman–Crippen MR) is 89.1 cm³/mol. The van der Waals surface area contributed by atoms with Gasteiger partial charge in [-0.2, -0.15) is 4.31 Å². The molecule has 1 aromatic carbocycles. The molecule has 1 heterocycles. The van der Waals surface area contributed by atoms with Gasteiger partial charge in [-0.15, -0.1) is 0 Å². The largest absolute Gasteiger partial charge is 0.495 e. The Morgan fingerprint density at radius 1 is 1.38 bits per heavy atom. The smallest absolute Gasteiger partial charge is 0.247 e. The van der Waals surface area contributed by atoms with Gasteiger partial charge < -0.3 is 15.6 Å². The van der Waals surface area contributed by atoms with Crippen molar-refractivity contribution in [3.63, 3.8) is 0 Å². The van der Waals surface area contributed by atoms with Crippen molar-refractivity contribution in [1.29, 1.82) is 0 Å². The van der Waals surface area contributed by atoms with Crippen LogP contribution in [0.2, 0.25) is 0 Å². The second-order valence-corrected chi connectivity index (χ2v) is 9.78. The van der Waals surface area contributed by atoms with Crippen molar-refractivity contribution in [2.45, 2.75) is 24.0 Å². The molecule has 1 saturated heterocycles. The average Bonchev–Trinajstić information content (AvgIpc) is 2.77. The molecule has 1 aliphatic rings.